The van der Waals surface area contributed by atoms with Crippen molar-refractivity contribution in [2.75, 3.05) is 46.3 Å². The van der Waals surface area contributed by atoms with Crippen LogP contribution in [0.4, 0.5) is 0 Å². The average molecular weight is 341 g/mol. The maximum Gasteiger partial charge on any atom is 0.0786 e. The van der Waals surface area contributed by atoms with Crippen LogP contribution in [0.2, 0.25) is 0 Å². The van der Waals surface area contributed by atoms with E-state index in [1.165, 1.54) is 114 Å². The Kier molecular flexibility index (Phi) is 13.8. The molecule has 1 heterocycles. The molecule has 0 unspecified atom stereocenters. The second kappa shape index (κ2) is 15.2. The summed E-state index contributed by atoms with van der Waals surface area (Å²) < 4.78 is 1.36. The van der Waals surface area contributed by atoms with E-state index < -0.39 is 0 Å². The summed E-state index contributed by atoms with van der Waals surface area (Å²) in [5, 5.41) is 3.52. The summed E-state index contributed by atoms with van der Waals surface area (Å²) in [4.78, 5) is 0. The summed E-state index contributed by atoms with van der Waals surface area (Å²) in [6.07, 6.45) is 19.7. The lowest BCUT2D eigenvalue weighted by molar-refractivity contribution is -0.897. The van der Waals surface area contributed by atoms with Gasteiger partial charge in [-0.2, -0.15) is 0 Å². The highest BCUT2D eigenvalue weighted by Gasteiger charge is 2.25. The summed E-state index contributed by atoms with van der Waals surface area (Å²) in [6.45, 7) is 7.48. The van der Waals surface area contributed by atoms with Gasteiger partial charge in [0.1, 0.15) is 0 Å². The maximum atomic E-state index is 5.49. The van der Waals surface area contributed by atoms with Crippen LogP contribution in [0, 0.1) is 0 Å². The van der Waals surface area contributed by atoms with Crippen molar-refractivity contribution >= 4 is 0 Å². The Bertz CT molecular complexity index is 262. The normalized spacial score (nSPS) is 16.8. The number of likely N-dealkylation sites (tertiary alicyclic amines) is 1. The van der Waals surface area contributed by atoms with Gasteiger partial charge < -0.3 is 15.5 Å². The lowest BCUT2D eigenvalue weighted by atomic mass is 10.1. The van der Waals surface area contributed by atoms with Crippen LogP contribution in [0.25, 0.3) is 0 Å². The average Bonchev–Trinajstić information content (AvgIpc) is 3.01. The Hall–Kier alpha value is -0.120. The van der Waals surface area contributed by atoms with E-state index in [0.29, 0.717) is 0 Å². The molecule has 3 N–H and O–H groups in total. The van der Waals surface area contributed by atoms with Crippen LogP contribution in [0.15, 0.2) is 0 Å². The molecule has 1 fully saturated rings. The van der Waals surface area contributed by atoms with Gasteiger partial charge >= 0.3 is 0 Å². The molecule has 0 amide bonds. The van der Waals surface area contributed by atoms with Gasteiger partial charge in [-0.15, -0.1) is 0 Å². The number of quaternary nitrogens is 1. The minimum Gasteiger partial charge on any atom is -0.330 e. The standard InChI is InChI=1S/C21H46N3/c1-24(20-14-15-21-24)19-13-9-7-5-3-2-4-6-8-11-17-23-18-12-10-16-22/h23H,2-22H2,1H3/q+1. The van der Waals surface area contributed by atoms with E-state index in [1.807, 2.05) is 0 Å². The van der Waals surface area contributed by atoms with E-state index in [1.54, 1.807) is 0 Å². The van der Waals surface area contributed by atoms with E-state index in [2.05, 4.69) is 12.4 Å². The molecule has 1 saturated heterocycles. The van der Waals surface area contributed by atoms with Gasteiger partial charge in [-0.3, -0.25) is 0 Å². The van der Waals surface area contributed by atoms with Crippen molar-refractivity contribution in [2.24, 2.45) is 5.73 Å². The molecule has 144 valence electrons. The Balaban J connectivity index is 1.69. The number of hydrogen-bond acceptors (Lipinski definition) is 2. The van der Waals surface area contributed by atoms with Gasteiger partial charge in [0.05, 0.1) is 26.7 Å². The second-order valence-electron chi connectivity index (χ2n) is 8.28. The van der Waals surface area contributed by atoms with Crippen LogP contribution in [0.5, 0.6) is 0 Å². The maximum absolute atomic E-state index is 5.49. The lowest BCUT2D eigenvalue weighted by Crippen LogP contribution is -2.41. The van der Waals surface area contributed by atoms with Crippen molar-refractivity contribution in [1.29, 1.82) is 0 Å². The molecule has 0 atom stereocenters. The molecule has 3 heteroatoms. The molecular formula is C21H46N3+. The molecule has 3 nitrogen and oxygen atoms in total. The number of nitrogens with zero attached hydrogens (tertiary/aromatic N) is 1. The highest BCUT2D eigenvalue weighted by molar-refractivity contribution is 4.54. The van der Waals surface area contributed by atoms with E-state index in [4.69, 9.17) is 5.73 Å². The fourth-order valence-corrected chi connectivity index (χ4v) is 4.00. The molecule has 1 aliphatic rings. The van der Waals surface area contributed by atoms with E-state index in [9.17, 15) is 0 Å². The van der Waals surface area contributed by atoms with Gasteiger partial charge in [0, 0.05) is 12.8 Å². The van der Waals surface area contributed by atoms with Crippen molar-refractivity contribution in [3.8, 4) is 0 Å². The fraction of sp³-hybridized carbons (Fsp3) is 1.00. The van der Waals surface area contributed by atoms with E-state index in [0.717, 1.165) is 19.5 Å². The zero-order valence-electron chi connectivity index (χ0n) is 16.7. The van der Waals surface area contributed by atoms with Gasteiger partial charge in [0.2, 0.25) is 0 Å². The second-order valence-corrected chi connectivity index (χ2v) is 8.28. The van der Waals surface area contributed by atoms with E-state index >= 15 is 0 Å². The number of nitrogens with one attached hydrogen (secondary N) is 1. The van der Waals surface area contributed by atoms with Gasteiger partial charge in [-0.25, -0.2) is 0 Å². The van der Waals surface area contributed by atoms with Crippen molar-refractivity contribution in [3.63, 3.8) is 0 Å². The van der Waals surface area contributed by atoms with Gasteiger partial charge in [-0.1, -0.05) is 44.9 Å². The summed E-state index contributed by atoms with van der Waals surface area (Å²) >= 11 is 0. The van der Waals surface area contributed by atoms with Crippen molar-refractivity contribution < 1.29 is 4.48 Å². The third kappa shape index (κ3) is 12.3. The highest BCUT2D eigenvalue weighted by atomic mass is 15.3. The number of hydrogen-bond donors (Lipinski definition) is 2. The monoisotopic (exact) mass is 340 g/mol. The van der Waals surface area contributed by atoms with Crippen molar-refractivity contribution in [3.05, 3.63) is 0 Å². The minimum atomic E-state index is 0.834. The van der Waals surface area contributed by atoms with Crippen LogP contribution in [0.1, 0.15) is 89.9 Å². The first kappa shape index (κ1) is 21.9. The Labute approximate surface area is 152 Å². The van der Waals surface area contributed by atoms with Crippen molar-refractivity contribution in [2.45, 2.75) is 89.9 Å². The molecule has 0 saturated carbocycles. The first-order valence-electron chi connectivity index (χ1n) is 11.0. The van der Waals surface area contributed by atoms with Crippen LogP contribution in [-0.4, -0.2) is 50.8 Å². The molecule has 1 aliphatic heterocycles. The van der Waals surface area contributed by atoms with E-state index in [-0.39, 0.29) is 0 Å². The summed E-state index contributed by atoms with van der Waals surface area (Å²) in [6, 6.07) is 0. The van der Waals surface area contributed by atoms with Crippen LogP contribution in [0.3, 0.4) is 0 Å². The third-order valence-corrected chi connectivity index (χ3v) is 5.76. The summed E-state index contributed by atoms with van der Waals surface area (Å²) in [5.41, 5.74) is 5.49. The SMILES string of the molecule is C[N+]1(CCCCCCCCCCCCNCCCCN)CCCC1. The summed E-state index contributed by atoms with van der Waals surface area (Å²) in [5.74, 6) is 0. The lowest BCUT2D eigenvalue weighted by Gasteiger charge is -2.29. The topological polar surface area (TPSA) is 38.0 Å². The largest absolute Gasteiger partial charge is 0.330 e. The molecule has 0 radical (unpaired) electrons. The molecule has 0 aromatic rings. The van der Waals surface area contributed by atoms with Crippen LogP contribution < -0.4 is 11.1 Å². The molecule has 0 aliphatic carbocycles. The molecule has 0 spiro atoms. The van der Waals surface area contributed by atoms with Crippen LogP contribution in [-0.2, 0) is 0 Å². The molecule has 1 rings (SSSR count). The Morgan fingerprint density at radius 1 is 0.667 bits per heavy atom. The molecule has 0 bridgehead atoms. The third-order valence-electron chi connectivity index (χ3n) is 5.76. The predicted octanol–water partition coefficient (Wildman–Crippen LogP) is 4.46. The van der Waals surface area contributed by atoms with Crippen LogP contribution >= 0.6 is 0 Å². The number of rotatable bonds is 17. The predicted molar refractivity (Wildman–Crippen MR) is 107 cm³/mol. The van der Waals surface area contributed by atoms with Gasteiger partial charge in [0.15, 0.2) is 0 Å². The number of nitrogens with two attached hydrogens (primary N) is 1. The molecular weight excluding hydrogens is 294 g/mol. The molecule has 0 aromatic heterocycles. The first-order valence-corrected chi connectivity index (χ1v) is 11.0. The fourth-order valence-electron chi connectivity index (χ4n) is 4.00. The molecule has 0 aromatic carbocycles. The van der Waals surface area contributed by atoms with Gasteiger partial charge in [-0.05, 0) is 51.7 Å². The quantitative estimate of drug-likeness (QED) is 0.303. The zero-order valence-corrected chi connectivity index (χ0v) is 16.7. The Morgan fingerprint density at radius 2 is 1.12 bits per heavy atom. The summed E-state index contributed by atoms with van der Waals surface area (Å²) in [7, 11) is 2.46. The first-order chi connectivity index (χ1) is 11.8. The van der Waals surface area contributed by atoms with Crippen molar-refractivity contribution in [1.82, 2.24) is 5.32 Å². The van der Waals surface area contributed by atoms with Gasteiger partial charge in [0.25, 0.3) is 0 Å². The zero-order chi connectivity index (χ0) is 17.3. The highest BCUT2D eigenvalue weighted by Crippen LogP contribution is 2.18. The smallest absolute Gasteiger partial charge is 0.0786 e. The minimum absolute atomic E-state index is 0.834. The Morgan fingerprint density at radius 3 is 1.67 bits per heavy atom. The molecule has 24 heavy (non-hydrogen) atoms. The number of unbranched alkanes of at least 4 members (excludes halogenated alkanes) is 10.